The van der Waals surface area contributed by atoms with Crippen LogP contribution in [0.4, 0.5) is 0 Å². The van der Waals surface area contributed by atoms with Gasteiger partial charge in [0, 0.05) is 30.0 Å². The van der Waals surface area contributed by atoms with Crippen molar-refractivity contribution in [3.05, 3.63) is 45.9 Å². The van der Waals surface area contributed by atoms with Crippen molar-refractivity contribution in [2.24, 2.45) is 0 Å². The molecule has 1 unspecified atom stereocenters. The molecule has 3 rings (SSSR count). The van der Waals surface area contributed by atoms with Gasteiger partial charge in [-0.3, -0.25) is 19.2 Å². The topological polar surface area (TPSA) is 127 Å². The molecule has 1 saturated heterocycles. The van der Waals surface area contributed by atoms with Crippen LogP contribution in [-0.4, -0.2) is 72.5 Å². The number of aromatic nitrogens is 1. The molecular formula is C25H32N4O6S. The Morgan fingerprint density at radius 3 is 2.39 bits per heavy atom. The van der Waals surface area contributed by atoms with Gasteiger partial charge in [-0.05, 0) is 57.9 Å². The first kappa shape index (κ1) is 27.1. The number of esters is 1. The first-order valence-corrected chi connectivity index (χ1v) is 12.7. The number of carbonyl (C=O) groups is 4. The van der Waals surface area contributed by atoms with Crippen molar-refractivity contribution in [1.82, 2.24) is 20.5 Å². The van der Waals surface area contributed by atoms with Gasteiger partial charge in [0.2, 0.25) is 5.91 Å². The summed E-state index contributed by atoms with van der Waals surface area (Å²) in [7, 11) is 1.23. The number of likely N-dealkylation sites (tertiary alicyclic amines) is 1. The number of hydrogen-bond acceptors (Lipinski definition) is 8. The van der Waals surface area contributed by atoms with Gasteiger partial charge in [-0.15, -0.1) is 11.3 Å². The largest absolute Gasteiger partial charge is 0.491 e. The van der Waals surface area contributed by atoms with Gasteiger partial charge in [0.05, 0.1) is 18.2 Å². The van der Waals surface area contributed by atoms with Crippen molar-refractivity contribution in [3.8, 4) is 5.75 Å². The Bertz CT molecular complexity index is 1080. The number of amides is 3. The third-order valence-electron chi connectivity index (χ3n) is 5.73. The van der Waals surface area contributed by atoms with Gasteiger partial charge in [-0.25, -0.2) is 4.98 Å². The SMILES string of the molecule is COC(=O)CNC(=O)C(C)NC(=O)c1csc(C2CCN(C(=O)c3ccc(OC(C)C)cc3)CC2)n1. The molecule has 1 aliphatic heterocycles. The smallest absolute Gasteiger partial charge is 0.325 e. The average Bonchev–Trinajstić information content (AvgIpc) is 3.37. The first-order valence-electron chi connectivity index (χ1n) is 11.8. The quantitative estimate of drug-likeness (QED) is 0.490. The number of ether oxygens (including phenoxy) is 2. The van der Waals surface area contributed by atoms with Crippen molar-refractivity contribution in [1.29, 1.82) is 0 Å². The van der Waals surface area contributed by atoms with E-state index in [0.29, 0.717) is 18.7 Å². The molecular weight excluding hydrogens is 484 g/mol. The first-order chi connectivity index (χ1) is 17.2. The molecule has 3 amide bonds. The fraction of sp³-hybridized carbons (Fsp3) is 0.480. The molecule has 0 bridgehead atoms. The fourth-order valence-electron chi connectivity index (χ4n) is 3.76. The highest BCUT2D eigenvalue weighted by molar-refractivity contribution is 7.09. The third-order valence-corrected chi connectivity index (χ3v) is 6.74. The minimum Gasteiger partial charge on any atom is -0.491 e. The standard InChI is InChI=1S/C25H32N4O6S/c1-15(2)35-19-7-5-18(6-8-19)25(33)29-11-9-17(10-12-29)24-28-20(14-36-24)23(32)27-16(3)22(31)26-13-21(30)34-4/h5-8,14-17H,9-13H2,1-4H3,(H,26,31)(H,27,32). The maximum Gasteiger partial charge on any atom is 0.325 e. The van der Waals surface area contributed by atoms with E-state index in [2.05, 4.69) is 20.4 Å². The third kappa shape index (κ3) is 7.27. The van der Waals surface area contributed by atoms with E-state index in [0.717, 1.165) is 23.6 Å². The van der Waals surface area contributed by atoms with Crippen LogP contribution in [0, 0.1) is 0 Å². The van der Waals surface area contributed by atoms with Crippen molar-refractivity contribution >= 4 is 35.0 Å². The van der Waals surface area contributed by atoms with E-state index >= 15 is 0 Å². The van der Waals surface area contributed by atoms with Crippen LogP contribution in [0.5, 0.6) is 5.75 Å². The van der Waals surface area contributed by atoms with Crippen LogP contribution in [0.1, 0.15) is 65.4 Å². The van der Waals surface area contributed by atoms with Gasteiger partial charge < -0.3 is 25.0 Å². The molecule has 11 heteroatoms. The lowest BCUT2D eigenvalue weighted by Gasteiger charge is -2.31. The highest BCUT2D eigenvalue weighted by atomic mass is 32.1. The van der Waals surface area contributed by atoms with Crippen LogP contribution in [0.2, 0.25) is 0 Å². The number of piperidine rings is 1. The zero-order valence-corrected chi connectivity index (χ0v) is 21.7. The number of carbonyl (C=O) groups excluding carboxylic acids is 4. The van der Waals surface area contributed by atoms with E-state index in [-0.39, 0.29) is 30.2 Å². The molecule has 1 atom stereocenters. The summed E-state index contributed by atoms with van der Waals surface area (Å²) in [5, 5.41) is 7.49. The number of rotatable bonds is 9. The second-order valence-electron chi connectivity index (χ2n) is 8.82. The number of benzene rings is 1. The molecule has 1 aromatic carbocycles. The van der Waals surface area contributed by atoms with Crippen molar-refractivity contribution < 1.29 is 28.7 Å². The number of nitrogens with zero attached hydrogens (tertiary/aromatic N) is 2. The summed E-state index contributed by atoms with van der Waals surface area (Å²) in [5.41, 5.74) is 0.868. The molecule has 0 spiro atoms. The summed E-state index contributed by atoms with van der Waals surface area (Å²) in [4.78, 5) is 54.9. The monoisotopic (exact) mass is 516 g/mol. The normalized spacial score (nSPS) is 14.8. The van der Waals surface area contributed by atoms with Crippen molar-refractivity contribution in [2.45, 2.75) is 51.7 Å². The Morgan fingerprint density at radius 2 is 1.78 bits per heavy atom. The van der Waals surface area contributed by atoms with Crippen LogP contribution in [0.25, 0.3) is 0 Å². The van der Waals surface area contributed by atoms with E-state index in [1.54, 1.807) is 17.5 Å². The lowest BCUT2D eigenvalue weighted by molar-refractivity contribution is -0.141. The number of methoxy groups -OCH3 is 1. The van der Waals surface area contributed by atoms with E-state index in [1.807, 2.05) is 30.9 Å². The molecule has 0 saturated carbocycles. The maximum absolute atomic E-state index is 12.9. The Balaban J connectivity index is 1.49. The highest BCUT2D eigenvalue weighted by Crippen LogP contribution is 2.31. The molecule has 1 aromatic heterocycles. The zero-order chi connectivity index (χ0) is 26.2. The van der Waals surface area contributed by atoms with Crippen LogP contribution >= 0.6 is 11.3 Å². The zero-order valence-electron chi connectivity index (χ0n) is 20.9. The molecule has 0 radical (unpaired) electrons. The lowest BCUT2D eigenvalue weighted by Crippen LogP contribution is -2.46. The molecule has 1 aliphatic rings. The Morgan fingerprint density at radius 1 is 1.11 bits per heavy atom. The summed E-state index contributed by atoms with van der Waals surface area (Å²) in [6, 6.07) is 6.35. The summed E-state index contributed by atoms with van der Waals surface area (Å²) in [5.74, 6) is -0.654. The van der Waals surface area contributed by atoms with Crippen molar-refractivity contribution in [2.75, 3.05) is 26.7 Å². The minimum atomic E-state index is -0.840. The second kappa shape index (κ2) is 12.5. The van der Waals surface area contributed by atoms with Gasteiger partial charge in [0.25, 0.3) is 11.8 Å². The van der Waals surface area contributed by atoms with Gasteiger partial charge in [-0.2, -0.15) is 0 Å². The summed E-state index contributed by atoms with van der Waals surface area (Å²) >= 11 is 1.40. The molecule has 1 fully saturated rings. The number of nitrogens with one attached hydrogen (secondary N) is 2. The van der Waals surface area contributed by atoms with E-state index in [4.69, 9.17) is 4.74 Å². The lowest BCUT2D eigenvalue weighted by atomic mass is 9.97. The molecule has 194 valence electrons. The number of hydrogen-bond donors (Lipinski definition) is 2. The van der Waals surface area contributed by atoms with Gasteiger partial charge in [0.15, 0.2) is 0 Å². The maximum atomic E-state index is 12.9. The molecule has 2 N–H and O–H groups in total. The molecule has 36 heavy (non-hydrogen) atoms. The van der Waals surface area contributed by atoms with Crippen LogP contribution < -0.4 is 15.4 Å². The summed E-state index contributed by atoms with van der Waals surface area (Å²) in [6.07, 6.45) is 1.58. The van der Waals surface area contributed by atoms with Gasteiger partial charge in [0.1, 0.15) is 24.0 Å². The molecule has 10 nitrogen and oxygen atoms in total. The highest BCUT2D eigenvalue weighted by Gasteiger charge is 2.27. The Kier molecular flexibility index (Phi) is 9.40. The summed E-state index contributed by atoms with van der Waals surface area (Å²) < 4.78 is 10.1. The molecule has 0 aliphatic carbocycles. The predicted octanol–water partition coefficient (Wildman–Crippen LogP) is 2.36. The Labute approximate surface area is 214 Å². The van der Waals surface area contributed by atoms with Gasteiger partial charge >= 0.3 is 5.97 Å². The predicted molar refractivity (Wildman–Crippen MR) is 134 cm³/mol. The molecule has 2 aromatic rings. The van der Waals surface area contributed by atoms with E-state index < -0.39 is 23.8 Å². The Hall–Kier alpha value is -3.47. The minimum absolute atomic E-state index is 0.0109. The van der Waals surface area contributed by atoms with Gasteiger partial charge in [-0.1, -0.05) is 0 Å². The second-order valence-corrected chi connectivity index (χ2v) is 9.71. The fourth-order valence-corrected chi connectivity index (χ4v) is 4.73. The molecule has 2 heterocycles. The van der Waals surface area contributed by atoms with Crippen LogP contribution in [0.15, 0.2) is 29.6 Å². The number of thiazole rings is 1. The van der Waals surface area contributed by atoms with Crippen LogP contribution in [-0.2, 0) is 14.3 Å². The van der Waals surface area contributed by atoms with Crippen LogP contribution in [0.3, 0.4) is 0 Å². The average molecular weight is 517 g/mol. The van der Waals surface area contributed by atoms with E-state index in [1.165, 1.54) is 25.4 Å². The summed E-state index contributed by atoms with van der Waals surface area (Å²) in [6.45, 7) is 6.37. The van der Waals surface area contributed by atoms with Crippen molar-refractivity contribution in [3.63, 3.8) is 0 Å². The van der Waals surface area contributed by atoms with E-state index in [9.17, 15) is 19.2 Å².